The zero-order chi connectivity index (χ0) is 6.69. The number of carbonyl (C=O) groups excluding carboxylic acids is 1. The van der Waals surface area contributed by atoms with Crippen LogP contribution < -0.4 is 5.48 Å². The number of hydroxylamine groups is 1. The maximum absolute atomic E-state index is 10.5. The van der Waals surface area contributed by atoms with Crippen molar-refractivity contribution in [3.8, 4) is 0 Å². The lowest BCUT2D eigenvalue weighted by atomic mass is 10.3. The van der Waals surface area contributed by atoms with Gasteiger partial charge >= 0.3 is 0 Å². The third-order valence-corrected chi connectivity index (χ3v) is 1.57. The molecule has 0 aliphatic rings. The Balaban J connectivity index is 2.77. The quantitative estimate of drug-likeness (QED) is 0.452. The molecular formula is C5H5NO2S. The number of thiophene rings is 1. The van der Waals surface area contributed by atoms with Gasteiger partial charge in [-0.05, 0) is 11.4 Å². The van der Waals surface area contributed by atoms with Gasteiger partial charge in [0.15, 0.2) is 0 Å². The summed E-state index contributed by atoms with van der Waals surface area (Å²) in [4.78, 5) is 10.5. The molecule has 0 unspecified atom stereocenters. The Hall–Kier alpha value is -0.870. The molecule has 0 fully saturated rings. The van der Waals surface area contributed by atoms with Gasteiger partial charge < -0.3 is 0 Å². The number of hydrogen-bond acceptors (Lipinski definition) is 3. The van der Waals surface area contributed by atoms with Gasteiger partial charge in [0.1, 0.15) is 0 Å². The van der Waals surface area contributed by atoms with Crippen molar-refractivity contribution in [1.82, 2.24) is 5.48 Å². The average Bonchev–Trinajstić information content (AvgIpc) is 2.37. The minimum absolute atomic E-state index is 0.462. The molecule has 0 aliphatic heterocycles. The highest BCUT2D eigenvalue weighted by Crippen LogP contribution is 2.04. The number of amides is 1. The van der Waals surface area contributed by atoms with Gasteiger partial charge in [0.05, 0.1) is 5.56 Å². The van der Waals surface area contributed by atoms with E-state index < -0.39 is 5.91 Å². The zero-order valence-electron chi connectivity index (χ0n) is 4.50. The fourth-order valence-corrected chi connectivity index (χ4v) is 1.09. The van der Waals surface area contributed by atoms with Crippen LogP contribution >= 0.6 is 11.3 Å². The third kappa shape index (κ3) is 1.28. The first-order valence-corrected chi connectivity index (χ1v) is 3.25. The highest BCUT2D eigenvalue weighted by atomic mass is 32.1. The summed E-state index contributed by atoms with van der Waals surface area (Å²) in [6.45, 7) is 0. The molecule has 0 radical (unpaired) electrons. The lowest BCUT2D eigenvalue weighted by Gasteiger charge is -1.89. The Morgan fingerprint density at radius 3 is 3.00 bits per heavy atom. The Morgan fingerprint density at radius 1 is 1.78 bits per heavy atom. The molecule has 0 aromatic carbocycles. The summed E-state index contributed by atoms with van der Waals surface area (Å²) in [5, 5.41) is 11.5. The van der Waals surface area contributed by atoms with E-state index in [-0.39, 0.29) is 0 Å². The van der Waals surface area contributed by atoms with Crippen molar-refractivity contribution in [2.45, 2.75) is 0 Å². The van der Waals surface area contributed by atoms with Crippen LogP contribution in [0.25, 0.3) is 0 Å². The predicted molar refractivity (Wildman–Crippen MR) is 33.6 cm³/mol. The second-order valence-corrected chi connectivity index (χ2v) is 2.23. The summed E-state index contributed by atoms with van der Waals surface area (Å²) >= 11 is 1.41. The molecule has 0 bridgehead atoms. The van der Waals surface area contributed by atoms with Gasteiger partial charge in [0.25, 0.3) is 5.91 Å². The van der Waals surface area contributed by atoms with E-state index in [1.54, 1.807) is 16.8 Å². The van der Waals surface area contributed by atoms with Crippen molar-refractivity contribution in [3.63, 3.8) is 0 Å². The van der Waals surface area contributed by atoms with Crippen molar-refractivity contribution < 1.29 is 10.0 Å². The normalized spacial score (nSPS) is 9.00. The summed E-state index contributed by atoms with van der Waals surface area (Å²) in [6.07, 6.45) is 0. The van der Waals surface area contributed by atoms with Crippen LogP contribution in [-0.2, 0) is 0 Å². The van der Waals surface area contributed by atoms with Crippen LogP contribution in [0.5, 0.6) is 0 Å². The standard InChI is InChI=1S/C5H5NO2S/c7-5(6-8)4-1-2-9-3-4/h1-3,8H,(H,6,7). The molecule has 1 amide bonds. The Bertz CT molecular complexity index is 195. The van der Waals surface area contributed by atoms with Crippen LogP contribution in [0.15, 0.2) is 16.8 Å². The van der Waals surface area contributed by atoms with Gasteiger partial charge in [-0.2, -0.15) is 11.3 Å². The maximum Gasteiger partial charge on any atom is 0.275 e. The molecule has 3 nitrogen and oxygen atoms in total. The molecule has 1 rings (SSSR count). The monoisotopic (exact) mass is 143 g/mol. The molecule has 1 aromatic rings. The molecule has 0 saturated carbocycles. The largest absolute Gasteiger partial charge is 0.288 e. The molecule has 4 heteroatoms. The van der Waals surface area contributed by atoms with E-state index in [0.717, 1.165) is 0 Å². The Morgan fingerprint density at radius 2 is 2.56 bits per heavy atom. The van der Waals surface area contributed by atoms with E-state index in [0.29, 0.717) is 5.56 Å². The smallest absolute Gasteiger partial charge is 0.275 e. The second kappa shape index (κ2) is 2.61. The molecule has 1 aromatic heterocycles. The van der Waals surface area contributed by atoms with Crippen molar-refractivity contribution >= 4 is 17.2 Å². The minimum Gasteiger partial charge on any atom is -0.288 e. The third-order valence-electron chi connectivity index (χ3n) is 0.885. The van der Waals surface area contributed by atoms with Gasteiger partial charge in [-0.15, -0.1) is 0 Å². The molecular weight excluding hydrogens is 138 g/mol. The van der Waals surface area contributed by atoms with E-state index in [9.17, 15) is 4.79 Å². The summed E-state index contributed by atoms with van der Waals surface area (Å²) < 4.78 is 0. The highest BCUT2D eigenvalue weighted by Gasteiger charge is 2.00. The van der Waals surface area contributed by atoms with E-state index in [1.807, 2.05) is 0 Å². The van der Waals surface area contributed by atoms with Gasteiger partial charge in [0, 0.05) is 5.38 Å². The van der Waals surface area contributed by atoms with E-state index >= 15 is 0 Å². The summed E-state index contributed by atoms with van der Waals surface area (Å²) in [5.74, 6) is -0.462. The zero-order valence-corrected chi connectivity index (χ0v) is 5.31. The molecule has 9 heavy (non-hydrogen) atoms. The van der Waals surface area contributed by atoms with Gasteiger partial charge in [0.2, 0.25) is 0 Å². The minimum atomic E-state index is -0.462. The van der Waals surface area contributed by atoms with Crippen LogP contribution in [0.3, 0.4) is 0 Å². The van der Waals surface area contributed by atoms with E-state index in [1.165, 1.54) is 16.8 Å². The van der Waals surface area contributed by atoms with Crippen molar-refractivity contribution in [2.24, 2.45) is 0 Å². The Kier molecular flexibility index (Phi) is 1.81. The molecule has 2 N–H and O–H groups in total. The molecule has 0 spiro atoms. The van der Waals surface area contributed by atoms with Gasteiger partial charge in [-0.3, -0.25) is 10.0 Å². The van der Waals surface area contributed by atoms with Crippen molar-refractivity contribution in [2.75, 3.05) is 0 Å². The first-order valence-electron chi connectivity index (χ1n) is 2.31. The molecule has 0 atom stereocenters. The van der Waals surface area contributed by atoms with Crippen LogP contribution in [0.1, 0.15) is 10.4 Å². The molecule has 48 valence electrons. The fraction of sp³-hybridized carbons (Fsp3) is 0. The van der Waals surface area contributed by atoms with Crippen LogP contribution in [0.2, 0.25) is 0 Å². The van der Waals surface area contributed by atoms with E-state index in [4.69, 9.17) is 5.21 Å². The highest BCUT2D eigenvalue weighted by molar-refractivity contribution is 7.08. The van der Waals surface area contributed by atoms with Gasteiger partial charge in [-0.25, -0.2) is 5.48 Å². The van der Waals surface area contributed by atoms with E-state index in [2.05, 4.69) is 0 Å². The Labute approximate surface area is 55.9 Å². The fourth-order valence-electron chi connectivity index (χ4n) is 0.458. The lowest BCUT2D eigenvalue weighted by Crippen LogP contribution is -2.17. The predicted octanol–water partition coefficient (Wildman–Crippen LogP) is 0.867. The number of nitrogens with one attached hydrogen (secondary N) is 1. The summed E-state index contributed by atoms with van der Waals surface area (Å²) in [5.41, 5.74) is 2.02. The molecule has 0 aliphatic carbocycles. The summed E-state index contributed by atoms with van der Waals surface area (Å²) in [6, 6.07) is 1.64. The van der Waals surface area contributed by atoms with Crippen LogP contribution in [0.4, 0.5) is 0 Å². The molecule has 0 saturated heterocycles. The van der Waals surface area contributed by atoms with Crippen LogP contribution in [0, 0.1) is 0 Å². The number of rotatable bonds is 1. The first kappa shape index (κ1) is 6.25. The maximum atomic E-state index is 10.5. The second-order valence-electron chi connectivity index (χ2n) is 1.45. The molecule has 1 heterocycles. The van der Waals surface area contributed by atoms with Crippen LogP contribution in [-0.4, -0.2) is 11.1 Å². The SMILES string of the molecule is O=C(NO)c1ccsc1. The topological polar surface area (TPSA) is 49.3 Å². The van der Waals surface area contributed by atoms with Crippen molar-refractivity contribution in [3.05, 3.63) is 22.4 Å². The first-order chi connectivity index (χ1) is 4.34. The average molecular weight is 143 g/mol. The van der Waals surface area contributed by atoms with Gasteiger partial charge in [-0.1, -0.05) is 0 Å². The summed E-state index contributed by atoms with van der Waals surface area (Å²) in [7, 11) is 0. The lowest BCUT2D eigenvalue weighted by molar-refractivity contribution is 0.0707. The van der Waals surface area contributed by atoms with Crippen molar-refractivity contribution in [1.29, 1.82) is 0 Å². The number of carbonyl (C=O) groups is 1. The number of hydrogen-bond donors (Lipinski definition) is 2.